The van der Waals surface area contributed by atoms with Gasteiger partial charge in [0.25, 0.3) is 5.91 Å². The first-order valence-corrected chi connectivity index (χ1v) is 8.78. The van der Waals surface area contributed by atoms with E-state index in [2.05, 4.69) is 27.5 Å². The Hall–Kier alpha value is -2.96. The van der Waals surface area contributed by atoms with Crippen molar-refractivity contribution in [3.63, 3.8) is 0 Å². The summed E-state index contributed by atoms with van der Waals surface area (Å²) >= 11 is 0. The van der Waals surface area contributed by atoms with Gasteiger partial charge in [0.2, 0.25) is 11.9 Å². The molecule has 0 aliphatic carbocycles. The van der Waals surface area contributed by atoms with Crippen LogP contribution in [0.25, 0.3) is 0 Å². The van der Waals surface area contributed by atoms with Crippen molar-refractivity contribution in [3.05, 3.63) is 42.2 Å². The van der Waals surface area contributed by atoms with Crippen LogP contribution < -0.4 is 10.6 Å². The van der Waals surface area contributed by atoms with Crippen molar-refractivity contribution in [2.45, 2.75) is 26.7 Å². The van der Waals surface area contributed by atoms with Gasteiger partial charge in [-0.2, -0.15) is 0 Å². The molecule has 26 heavy (non-hydrogen) atoms. The first-order valence-electron chi connectivity index (χ1n) is 8.78. The van der Waals surface area contributed by atoms with Crippen LogP contribution in [0.15, 0.2) is 36.5 Å². The first kappa shape index (κ1) is 17.8. The fraction of sp³-hybridized carbons (Fsp3) is 0.368. The second-order valence-electron chi connectivity index (χ2n) is 6.65. The van der Waals surface area contributed by atoms with E-state index in [0.717, 1.165) is 31.6 Å². The highest BCUT2D eigenvalue weighted by Crippen LogP contribution is 2.20. The fourth-order valence-electron chi connectivity index (χ4n) is 3.08. The largest absolute Gasteiger partial charge is 0.337 e. The summed E-state index contributed by atoms with van der Waals surface area (Å²) in [5.41, 5.74) is 1.79. The monoisotopic (exact) mass is 353 g/mol. The number of likely N-dealkylation sites (tertiary alicyclic amines) is 1. The predicted molar refractivity (Wildman–Crippen MR) is 100 cm³/mol. The Labute approximate surface area is 152 Å². The lowest BCUT2D eigenvalue weighted by atomic mass is 10.00. The number of hydrogen-bond acceptors (Lipinski definition) is 5. The Morgan fingerprint density at radius 1 is 1.23 bits per heavy atom. The van der Waals surface area contributed by atoms with Gasteiger partial charge in [0.1, 0.15) is 5.69 Å². The molecule has 0 saturated carbocycles. The molecule has 0 spiro atoms. The number of nitrogens with one attached hydrogen (secondary N) is 2. The third-order valence-corrected chi connectivity index (χ3v) is 4.26. The fourth-order valence-corrected chi connectivity index (χ4v) is 3.08. The van der Waals surface area contributed by atoms with Crippen molar-refractivity contribution in [1.82, 2.24) is 14.9 Å². The number of nitrogens with zero attached hydrogens (tertiary/aromatic N) is 3. The van der Waals surface area contributed by atoms with Crippen LogP contribution >= 0.6 is 0 Å². The second kappa shape index (κ2) is 7.95. The Morgan fingerprint density at radius 3 is 2.81 bits per heavy atom. The third-order valence-electron chi connectivity index (χ3n) is 4.26. The normalized spacial score (nSPS) is 16.8. The van der Waals surface area contributed by atoms with Crippen LogP contribution in [-0.4, -0.2) is 39.8 Å². The highest BCUT2D eigenvalue weighted by atomic mass is 16.2. The van der Waals surface area contributed by atoms with Gasteiger partial charge in [-0.25, -0.2) is 9.97 Å². The number of rotatable bonds is 4. The standard InChI is InChI=1S/C19H23N5O2/c1-13-5-4-10-24(12-13)18(26)17-8-9-20-19(23-17)22-16-7-3-6-15(11-16)21-14(2)25/h3,6-9,11,13H,4-5,10,12H2,1-2H3,(H,21,25)(H,20,22,23). The van der Waals surface area contributed by atoms with E-state index in [0.29, 0.717) is 23.2 Å². The summed E-state index contributed by atoms with van der Waals surface area (Å²) < 4.78 is 0. The van der Waals surface area contributed by atoms with E-state index in [-0.39, 0.29) is 11.8 Å². The van der Waals surface area contributed by atoms with Gasteiger partial charge in [-0.15, -0.1) is 0 Å². The molecule has 136 valence electrons. The molecular weight excluding hydrogens is 330 g/mol. The molecule has 1 aromatic heterocycles. The number of amides is 2. The van der Waals surface area contributed by atoms with Gasteiger partial charge in [0, 0.05) is 37.6 Å². The number of aromatic nitrogens is 2. The summed E-state index contributed by atoms with van der Waals surface area (Å²) in [5.74, 6) is 0.667. The van der Waals surface area contributed by atoms with Gasteiger partial charge in [-0.05, 0) is 43.0 Å². The van der Waals surface area contributed by atoms with Crippen molar-refractivity contribution < 1.29 is 9.59 Å². The molecule has 1 fully saturated rings. The van der Waals surface area contributed by atoms with Crippen LogP contribution in [0.1, 0.15) is 37.2 Å². The van der Waals surface area contributed by atoms with E-state index in [1.165, 1.54) is 6.92 Å². The molecule has 2 amide bonds. The van der Waals surface area contributed by atoms with E-state index in [1.54, 1.807) is 24.4 Å². The quantitative estimate of drug-likeness (QED) is 0.882. The lowest BCUT2D eigenvalue weighted by Crippen LogP contribution is -2.39. The minimum Gasteiger partial charge on any atom is -0.337 e. The minimum atomic E-state index is -0.137. The van der Waals surface area contributed by atoms with Crippen molar-refractivity contribution in [2.24, 2.45) is 5.92 Å². The molecule has 2 N–H and O–H groups in total. The van der Waals surface area contributed by atoms with E-state index in [1.807, 2.05) is 17.0 Å². The molecular formula is C19H23N5O2. The molecule has 2 heterocycles. The minimum absolute atomic E-state index is 0.0611. The molecule has 0 radical (unpaired) electrons. The lowest BCUT2D eigenvalue weighted by molar-refractivity contribution is -0.114. The van der Waals surface area contributed by atoms with Gasteiger partial charge < -0.3 is 15.5 Å². The number of benzene rings is 1. The first-order chi connectivity index (χ1) is 12.5. The van der Waals surface area contributed by atoms with Gasteiger partial charge in [0.15, 0.2) is 0 Å². The van der Waals surface area contributed by atoms with Crippen LogP contribution in [0.5, 0.6) is 0 Å². The van der Waals surface area contributed by atoms with E-state index in [9.17, 15) is 9.59 Å². The molecule has 1 unspecified atom stereocenters. The Kier molecular flexibility index (Phi) is 5.46. The summed E-state index contributed by atoms with van der Waals surface area (Å²) in [6.07, 6.45) is 3.76. The van der Waals surface area contributed by atoms with E-state index >= 15 is 0 Å². The molecule has 2 aromatic rings. The van der Waals surface area contributed by atoms with Crippen LogP contribution in [0.4, 0.5) is 17.3 Å². The average molecular weight is 353 g/mol. The molecule has 1 aliphatic heterocycles. The Morgan fingerprint density at radius 2 is 2.04 bits per heavy atom. The van der Waals surface area contributed by atoms with Crippen molar-refractivity contribution in [3.8, 4) is 0 Å². The maximum atomic E-state index is 12.7. The number of piperidine rings is 1. The maximum Gasteiger partial charge on any atom is 0.272 e. The summed E-state index contributed by atoms with van der Waals surface area (Å²) in [7, 11) is 0. The van der Waals surface area contributed by atoms with Gasteiger partial charge in [-0.3, -0.25) is 9.59 Å². The molecule has 1 atom stereocenters. The zero-order valence-corrected chi connectivity index (χ0v) is 15.0. The van der Waals surface area contributed by atoms with E-state index in [4.69, 9.17) is 0 Å². The second-order valence-corrected chi connectivity index (χ2v) is 6.65. The van der Waals surface area contributed by atoms with Gasteiger partial charge >= 0.3 is 0 Å². The molecule has 7 nitrogen and oxygen atoms in total. The number of hydrogen-bond donors (Lipinski definition) is 2. The number of carbonyl (C=O) groups excluding carboxylic acids is 2. The lowest BCUT2D eigenvalue weighted by Gasteiger charge is -2.30. The third kappa shape index (κ3) is 4.56. The number of carbonyl (C=O) groups is 2. The maximum absolute atomic E-state index is 12.7. The average Bonchev–Trinajstić information content (AvgIpc) is 2.61. The SMILES string of the molecule is CC(=O)Nc1cccc(Nc2nccc(C(=O)N3CCCC(C)C3)n2)c1. The zero-order chi connectivity index (χ0) is 18.5. The van der Waals surface area contributed by atoms with Crippen LogP contribution in [0.2, 0.25) is 0 Å². The zero-order valence-electron chi connectivity index (χ0n) is 15.0. The van der Waals surface area contributed by atoms with Crippen LogP contribution in [0.3, 0.4) is 0 Å². The molecule has 7 heteroatoms. The summed E-state index contributed by atoms with van der Waals surface area (Å²) in [4.78, 5) is 34.3. The smallest absolute Gasteiger partial charge is 0.272 e. The van der Waals surface area contributed by atoms with Gasteiger partial charge in [-0.1, -0.05) is 13.0 Å². The molecule has 3 rings (SSSR count). The topological polar surface area (TPSA) is 87.2 Å². The molecule has 1 saturated heterocycles. The van der Waals surface area contributed by atoms with Crippen molar-refractivity contribution in [1.29, 1.82) is 0 Å². The number of anilines is 3. The Balaban J connectivity index is 1.73. The van der Waals surface area contributed by atoms with E-state index < -0.39 is 0 Å². The van der Waals surface area contributed by atoms with Gasteiger partial charge in [0.05, 0.1) is 0 Å². The molecule has 1 aromatic carbocycles. The molecule has 1 aliphatic rings. The summed E-state index contributed by atoms with van der Waals surface area (Å²) in [6.45, 7) is 5.16. The Bertz CT molecular complexity index is 808. The van der Waals surface area contributed by atoms with Crippen molar-refractivity contribution in [2.75, 3.05) is 23.7 Å². The highest BCUT2D eigenvalue weighted by Gasteiger charge is 2.23. The van der Waals surface area contributed by atoms with Crippen molar-refractivity contribution >= 4 is 29.1 Å². The van der Waals surface area contributed by atoms with Crippen LogP contribution in [-0.2, 0) is 4.79 Å². The summed E-state index contributed by atoms with van der Waals surface area (Å²) in [5, 5.41) is 5.81. The molecule has 0 bridgehead atoms. The van der Waals surface area contributed by atoms with Crippen LogP contribution in [0, 0.1) is 5.92 Å². The summed E-state index contributed by atoms with van der Waals surface area (Å²) in [6, 6.07) is 8.88. The highest BCUT2D eigenvalue weighted by molar-refractivity contribution is 5.92. The predicted octanol–water partition coefficient (Wildman–Crippen LogP) is 3.05.